The summed E-state index contributed by atoms with van der Waals surface area (Å²) in [6.07, 6.45) is 4.07. The lowest BCUT2D eigenvalue weighted by atomic mass is 10.1. The van der Waals surface area contributed by atoms with E-state index in [1.807, 2.05) is 12.3 Å². The number of carbonyl (C=O) groups is 1. The van der Waals surface area contributed by atoms with Crippen molar-refractivity contribution < 1.29 is 19.0 Å². The highest BCUT2D eigenvalue weighted by atomic mass is 32.1. The van der Waals surface area contributed by atoms with Gasteiger partial charge in [0.25, 0.3) is 0 Å². The molecule has 7 heteroatoms. The molecule has 0 radical (unpaired) electrons. The number of rotatable bonds is 8. The molecule has 1 aromatic heterocycles. The lowest BCUT2D eigenvalue weighted by molar-refractivity contribution is -0.117. The number of amides is 1. The fraction of sp³-hybridized carbons (Fsp3) is 0.368. The van der Waals surface area contributed by atoms with Crippen LogP contribution in [0.5, 0.6) is 17.2 Å². The van der Waals surface area contributed by atoms with Crippen molar-refractivity contribution in [1.82, 2.24) is 10.3 Å². The summed E-state index contributed by atoms with van der Waals surface area (Å²) >= 11 is 1.61. The van der Waals surface area contributed by atoms with Crippen LogP contribution in [0.4, 0.5) is 0 Å². The quantitative estimate of drug-likeness (QED) is 0.713. The number of nitrogens with zero attached hydrogens (tertiary/aromatic N) is 1. The van der Waals surface area contributed by atoms with Gasteiger partial charge in [-0.15, -0.1) is 11.3 Å². The summed E-state index contributed by atoms with van der Waals surface area (Å²) in [5, 5.41) is 5.96. The summed E-state index contributed by atoms with van der Waals surface area (Å²) in [4.78, 5) is 16.7. The number of carbonyl (C=O) groups excluding carboxylic acids is 1. The number of aromatic nitrogens is 1. The fourth-order valence-corrected chi connectivity index (χ4v) is 3.23. The van der Waals surface area contributed by atoms with Crippen LogP contribution >= 0.6 is 11.3 Å². The molecule has 0 saturated heterocycles. The Hall–Kier alpha value is -2.54. The van der Waals surface area contributed by atoms with E-state index in [-0.39, 0.29) is 11.9 Å². The average molecular weight is 376 g/mol. The molecule has 0 bridgehead atoms. The average Bonchev–Trinajstić information content (AvgIpc) is 3.14. The second-order valence-electron chi connectivity index (χ2n) is 5.54. The van der Waals surface area contributed by atoms with Crippen molar-refractivity contribution >= 4 is 23.3 Å². The Morgan fingerprint density at radius 1 is 1.23 bits per heavy atom. The van der Waals surface area contributed by atoms with Gasteiger partial charge in [0.1, 0.15) is 0 Å². The third-order valence-electron chi connectivity index (χ3n) is 3.79. The summed E-state index contributed by atoms with van der Waals surface area (Å²) in [7, 11) is 4.66. The molecule has 140 valence electrons. The van der Waals surface area contributed by atoms with Crippen molar-refractivity contribution in [3.63, 3.8) is 0 Å². The number of aryl methyl sites for hydroxylation is 1. The zero-order chi connectivity index (χ0) is 19.1. The standard InChI is InChI=1S/C19H24N2O4S/c1-6-18-21-14(11-26-18)12(2)20-17(22)8-7-13-9-15(23-3)19(25-5)16(10-13)24-4/h7-12H,6H2,1-5H3,(H,20,22)/b8-7+. The topological polar surface area (TPSA) is 69.7 Å². The summed E-state index contributed by atoms with van der Waals surface area (Å²) < 4.78 is 15.9. The Labute approximate surface area is 157 Å². The molecule has 1 unspecified atom stereocenters. The van der Waals surface area contributed by atoms with Crippen molar-refractivity contribution in [2.24, 2.45) is 0 Å². The molecule has 6 nitrogen and oxygen atoms in total. The monoisotopic (exact) mass is 376 g/mol. The second kappa shape index (κ2) is 9.24. The first-order chi connectivity index (χ1) is 12.5. The van der Waals surface area contributed by atoms with E-state index >= 15 is 0 Å². The maximum absolute atomic E-state index is 12.2. The molecule has 1 aromatic carbocycles. The van der Waals surface area contributed by atoms with Crippen LogP contribution in [0.3, 0.4) is 0 Å². The number of hydrogen-bond acceptors (Lipinski definition) is 6. The molecule has 1 amide bonds. The van der Waals surface area contributed by atoms with Gasteiger partial charge in [-0.1, -0.05) is 6.92 Å². The summed E-state index contributed by atoms with van der Waals surface area (Å²) in [5.41, 5.74) is 1.64. The largest absolute Gasteiger partial charge is 0.493 e. The molecule has 2 aromatic rings. The van der Waals surface area contributed by atoms with Gasteiger partial charge < -0.3 is 19.5 Å². The normalized spacial score (nSPS) is 12.0. The molecule has 1 N–H and O–H groups in total. The molecule has 0 spiro atoms. The van der Waals surface area contributed by atoms with E-state index < -0.39 is 0 Å². The highest BCUT2D eigenvalue weighted by Gasteiger charge is 2.13. The van der Waals surface area contributed by atoms with Crippen molar-refractivity contribution in [2.45, 2.75) is 26.3 Å². The van der Waals surface area contributed by atoms with Gasteiger partial charge in [0.15, 0.2) is 11.5 Å². The smallest absolute Gasteiger partial charge is 0.244 e. The van der Waals surface area contributed by atoms with Gasteiger partial charge in [0.05, 0.1) is 38.1 Å². The molecule has 2 rings (SSSR count). The first-order valence-electron chi connectivity index (χ1n) is 8.25. The fourth-order valence-electron chi connectivity index (χ4n) is 2.39. The van der Waals surface area contributed by atoms with Gasteiger partial charge in [-0.2, -0.15) is 0 Å². The molecule has 0 saturated carbocycles. The zero-order valence-electron chi connectivity index (χ0n) is 15.7. The van der Waals surface area contributed by atoms with Crippen LogP contribution < -0.4 is 19.5 Å². The van der Waals surface area contributed by atoms with Crippen molar-refractivity contribution in [1.29, 1.82) is 0 Å². The second-order valence-corrected chi connectivity index (χ2v) is 6.48. The van der Waals surface area contributed by atoms with Gasteiger partial charge in [-0.05, 0) is 37.1 Å². The maximum Gasteiger partial charge on any atom is 0.244 e. The van der Waals surface area contributed by atoms with Crippen molar-refractivity contribution in [3.8, 4) is 17.2 Å². The molecule has 1 heterocycles. The molecule has 26 heavy (non-hydrogen) atoms. The number of benzene rings is 1. The summed E-state index contributed by atoms with van der Waals surface area (Å²) in [5.74, 6) is 1.39. The molecule has 0 aliphatic rings. The SMILES string of the molecule is CCc1nc(C(C)NC(=O)/C=C/c2cc(OC)c(OC)c(OC)c2)cs1. The number of hydrogen-bond donors (Lipinski definition) is 1. The molecule has 1 atom stereocenters. The van der Waals surface area contributed by atoms with Gasteiger partial charge >= 0.3 is 0 Å². The minimum atomic E-state index is -0.197. The highest BCUT2D eigenvalue weighted by Crippen LogP contribution is 2.38. The Morgan fingerprint density at radius 2 is 1.88 bits per heavy atom. The van der Waals surface area contributed by atoms with E-state index in [2.05, 4.69) is 17.2 Å². The predicted molar refractivity (Wildman–Crippen MR) is 103 cm³/mol. The van der Waals surface area contributed by atoms with Gasteiger partial charge in [0.2, 0.25) is 11.7 Å². The van der Waals surface area contributed by atoms with Crippen LogP contribution in [0.1, 0.15) is 36.2 Å². The Balaban J connectivity index is 2.09. The van der Waals surface area contributed by atoms with Crippen LogP contribution in [-0.4, -0.2) is 32.2 Å². The number of thiazole rings is 1. The third-order valence-corrected chi connectivity index (χ3v) is 4.80. The minimum absolute atomic E-state index is 0.149. The molecule has 0 aliphatic carbocycles. The lowest BCUT2D eigenvalue weighted by Crippen LogP contribution is -2.24. The van der Waals surface area contributed by atoms with E-state index in [1.165, 1.54) is 6.08 Å². The molecular weight excluding hydrogens is 352 g/mol. The Kier molecular flexibility index (Phi) is 7.03. The predicted octanol–water partition coefficient (Wildman–Crippen LogP) is 3.62. The van der Waals surface area contributed by atoms with E-state index in [9.17, 15) is 4.79 Å². The van der Waals surface area contributed by atoms with E-state index in [0.29, 0.717) is 17.2 Å². The molecule has 0 aliphatic heterocycles. The van der Waals surface area contributed by atoms with E-state index in [1.54, 1.807) is 50.9 Å². The Morgan fingerprint density at radius 3 is 2.38 bits per heavy atom. The highest BCUT2D eigenvalue weighted by molar-refractivity contribution is 7.09. The van der Waals surface area contributed by atoms with Crippen LogP contribution in [0, 0.1) is 0 Å². The molecule has 0 fully saturated rings. The van der Waals surface area contributed by atoms with Gasteiger partial charge in [-0.3, -0.25) is 4.79 Å². The maximum atomic E-state index is 12.2. The number of methoxy groups -OCH3 is 3. The van der Waals surface area contributed by atoms with Gasteiger partial charge in [0, 0.05) is 11.5 Å². The lowest BCUT2D eigenvalue weighted by Gasteiger charge is -2.13. The minimum Gasteiger partial charge on any atom is -0.493 e. The van der Waals surface area contributed by atoms with Crippen molar-refractivity contribution in [3.05, 3.63) is 39.9 Å². The first kappa shape index (κ1) is 19.8. The molecular formula is C19H24N2O4S. The number of nitrogens with one attached hydrogen (secondary N) is 1. The third kappa shape index (κ3) is 4.76. The summed E-state index contributed by atoms with van der Waals surface area (Å²) in [6.45, 7) is 3.98. The van der Waals surface area contributed by atoms with E-state index in [0.717, 1.165) is 22.7 Å². The van der Waals surface area contributed by atoms with Crippen LogP contribution in [0.2, 0.25) is 0 Å². The Bertz CT molecular complexity index is 761. The van der Waals surface area contributed by atoms with Crippen LogP contribution in [0.15, 0.2) is 23.6 Å². The van der Waals surface area contributed by atoms with E-state index in [4.69, 9.17) is 14.2 Å². The van der Waals surface area contributed by atoms with Gasteiger partial charge in [-0.25, -0.2) is 4.98 Å². The van der Waals surface area contributed by atoms with Crippen LogP contribution in [-0.2, 0) is 11.2 Å². The first-order valence-corrected chi connectivity index (χ1v) is 9.13. The van der Waals surface area contributed by atoms with Crippen LogP contribution in [0.25, 0.3) is 6.08 Å². The number of ether oxygens (including phenoxy) is 3. The van der Waals surface area contributed by atoms with Crippen molar-refractivity contribution in [2.75, 3.05) is 21.3 Å². The summed E-state index contributed by atoms with van der Waals surface area (Å²) in [6, 6.07) is 3.41. The zero-order valence-corrected chi connectivity index (χ0v) is 16.5.